The van der Waals surface area contributed by atoms with Crippen LogP contribution in [0.3, 0.4) is 0 Å². The number of ether oxygens (including phenoxy) is 1. The van der Waals surface area contributed by atoms with Gasteiger partial charge in [-0.3, -0.25) is 0 Å². The molecule has 0 saturated heterocycles. The predicted octanol–water partition coefficient (Wildman–Crippen LogP) is 21.2. The summed E-state index contributed by atoms with van der Waals surface area (Å²) in [4.78, 5) is 2.58. The quantitative estimate of drug-likeness (QED) is 0.165. The van der Waals surface area contributed by atoms with E-state index in [1.165, 1.54) is 175 Å². The van der Waals surface area contributed by atoms with E-state index in [9.17, 15) is 0 Å². The molecule has 2 saturated carbocycles. The van der Waals surface area contributed by atoms with Crippen molar-refractivity contribution in [2.75, 3.05) is 4.90 Å². The summed E-state index contributed by atoms with van der Waals surface area (Å²) in [5.41, 5.74) is 27.0. The Labute approximate surface area is 486 Å². The fraction of sp³-hybridized carbons (Fsp3) is 0.175. The largest absolute Gasteiger partial charge is 0.457 e. The van der Waals surface area contributed by atoms with Crippen molar-refractivity contribution in [3.05, 3.63) is 298 Å². The van der Waals surface area contributed by atoms with Crippen molar-refractivity contribution in [3.63, 3.8) is 0 Å². The summed E-state index contributed by atoms with van der Waals surface area (Å²) in [5, 5.41) is 2.51. The minimum atomic E-state index is -0.641. The minimum absolute atomic E-state index is 0.503. The molecule has 1 aromatic heterocycles. The summed E-state index contributed by atoms with van der Waals surface area (Å²) < 4.78 is 9.72. The molecule has 5 aliphatic carbocycles. The first-order chi connectivity index (χ1) is 41.2. The Kier molecular flexibility index (Phi) is 10.4. The molecule has 398 valence electrons. The van der Waals surface area contributed by atoms with Gasteiger partial charge in [-0.2, -0.15) is 0 Å². The second kappa shape index (κ2) is 18.2. The fourth-order valence-electron chi connectivity index (χ4n) is 17.1. The number of hydrogen-bond donors (Lipinski definition) is 0. The average molecular weight is 1070 g/mol. The SMILES string of the molecule is c1cc(N(c2ccc3c(c2)C2(c4cc(C5CCCCC5)ccc4Oc4ccc(C5CCCCC5)cc42)c2ccccc2-3)c2ccc3c(c2)C2(c4ccccc4-c4ccccc42)c2ccccc2-3)cc(-n2c3ccccc3c3ccccc32)c1. The number of anilines is 3. The molecule has 0 atom stereocenters. The van der Waals surface area contributed by atoms with Crippen LogP contribution in [-0.4, -0.2) is 4.57 Å². The maximum absolute atomic E-state index is 7.26. The molecule has 0 N–H and O–H groups in total. The first-order valence-electron chi connectivity index (χ1n) is 30.7. The van der Waals surface area contributed by atoms with Crippen LogP contribution in [-0.2, 0) is 10.8 Å². The van der Waals surface area contributed by atoms with Crippen LogP contribution in [0.5, 0.6) is 11.5 Å². The molecule has 3 heteroatoms. The molecule has 0 radical (unpaired) electrons. The van der Waals surface area contributed by atoms with Gasteiger partial charge in [-0.05, 0) is 182 Å². The normalized spacial score (nSPS) is 16.6. The van der Waals surface area contributed by atoms with E-state index in [2.05, 4.69) is 252 Å². The maximum Gasteiger partial charge on any atom is 0.132 e. The Hall–Kier alpha value is -9.18. The fourth-order valence-corrected chi connectivity index (χ4v) is 17.1. The van der Waals surface area contributed by atoms with Crippen molar-refractivity contribution in [3.8, 4) is 50.6 Å². The van der Waals surface area contributed by atoms with E-state index in [1.54, 1.807) is 0 Å². The van der Waals surface area contributed by atoms with E-state index in [-0.39, 0.29) is 0 Å². The zero-order valence-corrected chi connectivity index (χ0v) is 46.6. The van der Waals surface area contributed by atoms with E-state index in [1.807, 2.05) is 0 Å². The topological polar surface area (TPSA) is 17.4 Å². The lowest BCUT2D eigenvalue weighted by Crippen LogP contribution is -2.33. The number of rotatable bonds is 6. The van der Waals surface area contributed by atoms with E-state index >= 15 is 0 Å². The number of nitrogens with zero attached hydrogens (tertiary/aromatic N) is 2. The third kappa shape index (κ3) is 6.62. The van der Waals surface area contributed by atoms with Crippen molar-refractivity contribution in [1.29, 1.82) is 0 Å². The van der Waals surface area contributed by atoms with E-state index in [0.717, 1.165) is 34.2 Å². The van der Waals surface area contributed by atoms with Crippen molar-refractivity contribution in [2.24, 2.45) is 0 Å². The van der Waals surface area contributed by atoms with Crippen LogP contribution in [0.25, 0.3) is 60.9 Å². The average Bonchev–Trinajstić information content (AvgIpc) is 1.96. The summed E-state index contributed by atoms with van der Waals surface area (Å²) >= 11 is 0. The Morgan fingerprint density at radius 1 is 0.313 bits per heavy atom. The highest BCUT2D eigenvalue weighted by atomic mass is 16.5. The van der Waals surface area contributed by atoms with Crippen LogP contribution in [0.15, 0.2) is 243 Å². The lowest BCUT2D eigenvalue weighted by Gasteiger charge is -2.41. The van der Waals surface area contributed by atoms with Gasteiger partial charge < -0.3 is 14.2 Å². The summed E-state index contributed by atoms with van der Waals surface area (Å²) in [7, 11) is 0. The van der Waals surface area contributed by atoms with E-state index in [0.29, 0.717) is 11.8 Å². The molecular formula is C80H62N2O. The molecule has 0 bridgehead atoms. The molecule has 0 unspecified atom stereocenters. The monoisotopic (exact) mass is 1070 g/mol. The standard InChI is InChI=1S/C80H62N2O/c1-3-20-51(21-4-1)53-38-44-77-73(46-53)80(74-47-54(39-45-78(74)83-77)52-22-5-2-6-23-52)70-35-16-10-29-62(70)64-43-41-58(50-72(64)80)81(55-24-19-25-56(48-55)82-75-36-17-11-30-65(75)66-31-12-18-37-76(66)82)57-40-42-63-61-28-9-15-34-69(61)79(71(63)49-57)67-32-13-7-26-59(67)60-27-8-14-33-68(60)79/h7-19,24-52H,1-6,20-23H2. The predicted molar refractivity (Wildman–Crippen MR) is 341 cm³/mol. The molecule has 0 amide bonds. The minimum Gasteiger partial charge on any atom is -0.457 e. The first-order valence-corrected chi connectivity index (χ1v) is 30.7. The summed E-state index contributed by atoms with van der Waals surface area (Å²) in [6, 6.07) is 93.5. The van der Waals surface area contributed by atoms with Crippen molar-refractivity contribution < 1.29 is 4.74 Å². The van der Waals surface area contributed by atoms with Crippen LogP contribution in [0.2, 0.25) is 0 Å². The first kappa shape index (κ1) is 47.5. The zero-order valence-electron chi connectivity index (χ0n) is 46.6. The number of benzene rings is 11. The Bertz CT molecular complexity index is 4470. The molecule has 18 rings (SSSR count). The molecule has 1 aliphatic heterocycles. The maximum atomic E-state index is 7.26. The third-order valence-corrected chi connectivity index (χ3v) is 20.6. The van der Waals surface area contributed by atoms with Crippen LogP contribution in [0.1, 0.15) is 132 Å². The van der Waals surface area contributed by atoms with Crippen LogP contribution in [0, 0.1) is 0 Å². The number of hydrogen-bond acceptors (Lipinski definition) is 2. The van der Waals surface area contributed by atoms with Gasteiger partial charge in [-0.15, -0.1) is 0 Å². The lowest BCUT2D eigenvalue weighted by atomic mass is 9.64. The van der Waals surface area contributed by atoms with Gasteiger partial charge in [0.05, 0.1) is 21.9 Å². The third-order valence-electron chi connectivity index (χ3n) is 20.6. The highest BCUT2D eigenvalue weighted by Crippen LogP contribution is 2.66. The Morgan fingerprint density at radius 2 is 0.711 bits per heavy atom. The van der Waals surface area contributed by atoms with Crippen LogP contribution in [0.4, 0.5) is 17.1 Å². The van der Waals surface area contributed by atoms with Crippen molar-refractivity contribution >= 4 is 38.9 Å². The molecule has 2 fully saturated rings. The molecule has 11 aromatic carbocycles. The van der Waals surface area contributed by atoms with E-state index in [4.69, 9.17) is 4.74 Å². The number of fused-ring (bicyclic) bond motifs is 22. The van der Waals surface area contributed by atoms with Gasteiger partial charge >= 0.3 is 0 Å². The zero-order chi connectivity index (χ0) is 54.4. The second-order valence-electron chi connectivity index (χ2n) is 24.7. The summed E-state index contributed by atoms with van der Waals surface area (Å²) in [5.74, 6) is 3.00. The van der Waals surface area contributed by atoms with Crippen LogP contribution < -0.4 is 9.64 Å². The summed E-state index contributed by atoms with van der Waals surface area (Å²) in [6.45, 7) is 0. The van der Waals surface area contributed by atoms with Crippen molar-refractivity contribution in [2.45, 2.75) is 86.9 Å². The summed E-state index contributed by atoms with van der Waals surface area (Å²) in [6.07, 6.45) is 12.7. The molecule has 2 spiro atoms. The lowest BCUT2D eigenvalue weighted by molar-refractivity contribution is 0.424. The number of para-hydroxylation sites is 2. The van der Waals surface area contributed by atoms with Gasteiger partial charge in [0.2, 0.25) is 0 Å². The molecule has 6 aliphatic rings. The molecule has 2 heterocycles. The van der Waals surface area contributed by atoms with Gasteiger partial charge in [0.25, 0.3) is 0 Å². The highest BCUT2D eigenvalue weighted by Gasteiger charge is 2.54. The Balaban J connectivity index is 0.913. The number of aromatic nitrogens is 1. The molecule has 83 heavy (non-hydrogen) atoms. The molecule has 3 nitrogen and oxygen atoms in total. The van der Waals surface area contributed by atoms with Crippen molar-refractivity contribution in [1.82, 2.24) is 4.57 Å². The van der Waals surface area contributed by atoms with Gasteiger partial charge in [-0.1, -0.05) is 214 Å². The second-order valence-corrected chi connectivity index (χ2v) is 24.7. The van der Waals surface area contributed by atoms with E-state index < -0.39 is 10.8 Å². The van der Waals surface area contributed by atoms with Gasteiger partial charge in [0.1, 0.15) is 11.5 Å². The molecular weight excluding hydrogens is 1000 g/mol. The molecule has 12 aromatic rings. The van der Waals surface area contributed by atoms with Gasteiger partial charge in [0, 0.05) is 44.6 Å². The smallest absolute Gasteiger partial charge is 0.132 e. The van der Waals surface area contributed by atoms with Gasteiger partial charge in [-0.25, -0.2) is 0 Å². The Morgan fingerprint density at radius 3 is 1.18 bits per heavy atom. The highest BCUT2D eigenvalue weighted by molar-refractivity contribution is 6.09. The van der Waals surface area contributed by atoms with Gasteiger partial charge in [0.15, 0.2) is 0 Å². The van der Waals surface area contributed by atoms with Crippen LogP contribution >= 0.6 is 0 Å².